The van der Waals surface area contributed by atoms with Crippen LogP contribution in [0.5, 0.6) is 0 Å². The molecule has 0 bridgehead atoms. The molecule has 0 saturated heterocycles. The molecule has 0 aliphatic carbocycles. The quantitative estimate of drug-likeness (QED) is 0.624. The predicted octanol–water partition coefficient (Wildman–Crippen LogP) is 2.76. The number of carbonyl (C=O) groups excluding carboxylic acids is 1. The first kappa shape index (κ1) is 10.4. The molecule has 0 amide bonds. The first-order valence-corrected chi connectivity index (χ1v) is 5.19. The first-order valence-electron chi connectivity index (χ1n) is 5.19. The lowest BCUT2D eigenvalue weighted by atomic mass is 10.0. The van der Waals surface area contributed by atoms with Gasteiger partial charge < -0.3 is 5.32 Å². The fraction of sp³-hybridized carbons (Fsp3) is 0.0714. The average molecular weight is 211 g/mol. The standard InChI is InChI=1S/C14H13NO/c1-15-10-9-14(16)13-8-4-6-11-5-2-3-7-12(11)13/h2-10,15H,1H3/b10-9-. The summed E-state index contributed by atoms with van der Waals surface area (Å²) in [5, 5.41) is 4.90. The highest BCUT2D eigenvalue weighted by Crippen LogP contribution is 2.18. The lowest BCUT2D eigenvalue weighted by molar-refractivity contribution is 0.104. The third kappa shape index (κ3) is 1.96. The molecule has 0 aliphatic rings. The number of hydrogen-bond acceptors (Lipinski definition) is 2. The molecule has 2 nitrogen and oxygen atoms in total. The van der Waals surface area contributed by atoms with Crippen molar-refractivity contribution in [3.63, 3.8) is 0 Å². The van der Waals surface area contributed by atoms with E-state index in [4.69, 9.17) is 0 Å². The molecule has 0 aromatic heterocycles. The molecule has 0 fully saturated rings. The number of hydrogen-bond donors (Lipinski definition) is 1. The zero-order chi connectivity index (χ0) is 11.4. The van der Waals surface area contributed by atoms with Gasteiger partial charge in [-0.05, 0) is 10.8 Å². The van der Waals surface area contributed by atoms with Crippen LogP contribution >= 0.6 is 0 Å². The maximum Gasteiger partial charge on any atom is 0.187 e. The van der Waals surface area contributed by atoms with Crippen molar-refractivity contribution < 1.29 is 4.79 Å². The Morgan fingerprint density at radius 3 is 2.69 bits per heavy atom. The molecule has 2 heteroatoms. The second kappa shape index (κ2) is 4.62. The van der Waals surface area contributed by atoms with E-state index < -0.39 is 0 Å². The first-order chi connectivity index (χ1) is 7.83. The van der Waals surface area contributed by atoms with Crippen LogP contribution < -0.4 is 5.32 Å². The van der Waals surface area contributed by atoms with Gasteiger partial charge in [0.25, 0.3) is 0 Å². The zero-order valence-electron chi connectivity index (χ0n) is 9.10. The Labute approximate surface area is 94.6 Å². The van der Waals surface area contributed by atoms with Crippen LogP contribution in [-0.4, -0.2) is 12.8 Å². The smallest absolute Gasteiger partial charge is 0.187 e. The van der Waals surface area contributed by atoms with Crippen molar-refractivity contribution in [1.82, 2.24) is 5.32 Å². The van der Waals surface area contributed by atoms with Gasteiger partial charge in [0.05, 0.1) is 0 Å². The lowest BCUT2D eigenvalue weighted by Gasteiger charge is -2.02. The molecule has 0 spiro atoms. The minimum atomic E-state index is 0.0196. The van der Waals surface area contributed by atoms with E-state index >= 15 is 0 Å². The van der Waals surface area contributed by atoms with Crippen LogP contribution in [0, 0.1) is 0 Å². The number of nitrogens with one attached hydrogen (secondary N) is 1. The van der Waals surface area contributed by atoms with E-state index in [1.54, 1.807) is 19.3 Å². The number of rotatable bonds is 3. The third-order valence-electron chi connectivity index (χ3n) is 2.46. The normalized spacial score (nSPS) is 10.8. The van der Waals surface area contributed by atoms with Gasteiger partial charge in [-0.1, -0.05) is 42.5 Å². The molecule has 0 saturated carbocycles. The van der Waals surface area contributed by atoms with Crippen LogP contribution in [0.4, 0.5) is 0 Å². The topological polar surface area (TPSA) is 29.1 Å². The van der Waals surface area contributed by atoms with Gasteiger partial charge in [-0.2, -0.15) is 0 Å². The van der Waals surface area contributed by atoms with Crippen LogP contribution in [0.25, 0.3) is 10.8 Å². The molecule has 0 radical (unpaired) electrons. The molecule has 1 N–H and O–H groups in total. The Bertz CT molecular complexity index is 538. The molecule has 2 aromatic rings. The lowest BCUT2D eigenvalue weighted by Crippen LogP contribution is -1.99. The van der Waals surface area contributed by atoms with E-state index in [0.717, 1.165) is 16.3 Å². The van der Waals surface area contributed by atoms with Crippen molar-refractivity contribution in [2.45, 2.75) is 0 Å². The van der Waals surface area contributed by atoms with Gasteiger partial charge >= 0.3 is 0 Å². The number of fused-ring (bicyclic) bond motifs is 1. The SMILES string of the molecule is CN/C=C\C(=O)c1cccc2ccccc12. The van der Waals surface area contributed by atoms with Crippen molar-refractivity contribution in [2.24, 2.45) is 0 Å². The van der Waals surface area contributed by atoms with Crippen molar-refractivity contribution in [1.29, 1.82) is 0 Å². The van der Waals surface area contributed by atoms with E-state index in [9.17, 15) is 4.79 Å². The van der Waals surface area contributed by atoms with Crippen LogP contribution in [0.1, 0.15) is 10.4 Å². The summed E-state index contributed by atoms with van der Waals surface area (Å²) in [5.41, 5.74) is 0.740. The van der Waals surface area contributed by atoms with Crippen LogP contribution in [-0.2, 0) is 0 Å². The fourth-order valence-electron chi connectivity index (χ4n) is 1.69. The summed E-state index contributed by atoms with van der Waals surface area (Å²) >= 11 is 0. The van der Waals surface area contributed by atoms with Gasteiger partial charge in [-0.3, -0.25) is 4.79 Å². The summed E-state index contributed by atoms with van der Waals surface area (Å²) in [6.45, 7) is 0. The van der Waals surface area contributed by atoms with Gasteiger partial charge in [0.2, 0.25) is 0 Å². The molecular weight excluding hydrogens is 198 g/mol. The summed E-state index contributed by atoms with van der Waals surface area (Å²) < 4.78 is 0. The molecule has 0 heterocycles. The Hall–Kier alpha value is -2.09. The third-order valence-corrected chi connectivity index (χ3v) is 2.46. The number of carbonyl (C=O) groups is 1. The highest BCUT2D eigenvalue weighted by molar-refractivity contribution is 6.13. The Morgan fingerprint density at radius 2 is 1.88 bits per heavy atom. The highest BCUT2D eigenvalue weighted by atomic mass is 16.1. The highest BCUT2D eigenvalue weighted by Gasteiger charge is 2.05. The van der Waals surface area contributed by atoms with Crippen molar-refractivity contribution >= 4 is 16.6 Å². The Kier molecular flexibility index (Phi) is 3.01. The second-order valence-corrected chi connectivity index (χ2v) is 3.51. The van der Waals surface area contributed by atoms with E-state index in [1.165, 1.54) is 0 Å². The molecule has 80 valence electrons. The van der Waals surface area contributed by atoms with Crippen molar-refractivity contribution in [3.05, 3.63) is 60.3 Å². The number of allylic oxidation sites excluding steroid dienone is 1. The summed E-state index contributed by atoms with van der Waals surface area (Å²) in [7, 11) is 1.77. The second-order valence-electron chi connectivity index (χ2n) is 3.51. The minimum absolute atomic E-state index is 0.0196. The molecule has 0 aliphatic heterocycles. The molecule has 0 atom stereocenters. The molecule has 16 heavy (non-hydrogen) atoms. The zero-order valence-corrected chi connectivity index (χ0v) is 9.10. The molecule has 0 unspecified atom stereocenters. The van der Waals surface area contributed by atoms with Gasteiger partial charge in [0.1, 0.15) is 0 Å². The predicted molar refractivity (Wildman–Crippen MR) is 66.5 cm³/mol. The Balaban J connectivity index is 2.52. The number of ketones is 1. The van der Waals surface area contributed by atoms with Gasteiger partial charge in [-0.25, -0.2) is 0 Å². The van der Waals surface area contributed by atoms with Gasteiger partial charge in [0.15, 0.2) is 5.78 Å². The van der Waals surface area contributed by atoms with Crippen LogP contribution in [0.3, 0.4) is 0 Å². The summed E-state index contributed by atoms with van der Waals surface area (Å²) in [6.07, 6.45) is 3.19. The van der Waals surface area contributed by atoms with Gasteiger partial charge in [0, 0.05) is 24.9 Å². The molecule has 2 rings (SSSR count). The average Bonchev–Trinajstić information content (AvgIpc) is 2.35. The van der Waals surface area contributed by atoms with Crippen LogP contribution in [0.15, 0.2) is 54.7 Å². The molecule has 2 aromatic carbocycles. The van der Waals surface area contributed by atoms with Crippen LogP contribution in [0.2, 0.25) is 0 Å². The maximum atomic E-state index is 11.9. The number of benzene rings is 2. The summed E-state index contributed by atoms with van der Waals surface area (Å²) in [4.78, 5) is 11.9. The minimum Gasteiger partial charge on any atom is -0.394 e. The Morgan fingerprint density at radius 1 is 1.12 bits per heavy atom. The van der Waals surface area contributed by atoms with E-state index in [2.05, 4.69) is 5.32 Å². The maximum absolute atomic E-state index is 11.9. The van der Waals surface area contributed by atoms with E-state index in [-0.39, 0.29) is 5.78 Å². The summed E-state index contributed by atoms with van der Waals surface area (Å²) in [5.74, 6) is 0.0196. The molecular formula is C14H13NO. The van der Waals surface area contributed by atoms with Gasteiger partial charge in [-0.15, -0.1) is 0 Å². The van der Waals surface area contributed by atoms with E-state index in [0.29, 0.717) is 0 Å². The summed E-state index contributed by atoms with van der Waals surface area (Å²) in [6, 6.07) is 13.7. The fourth-order valence-corrected chi connectivity index (χ4v) is 1.69. The largest absolute Gasteiger partial charge is 0.394 e. The van der Waals surface area contributed by atoms with Crippen molar-refractivity contribution in [3.8, 4) is 0 Å². The van der Waals surface area contributed by atoms with Crippen molar-refractivity contribution in [2.75, 3.05) is 7.05 Å². The monoisotopic (exact) mass is 211 g/mol. The van der Waals surface area contributed by atoms with E-state index in [1.807, 2.05) is 42.5 Å².